The SMILES string of the molecule is CCN(CC)Cc1cccc(-c2nn(-c3ccccc3)c(C(=O)OC)c2C(=O)OC)c1. The molecule has 31 heavy (non-hydrogen) atoms. The van der Waals surface area contributed by atoms with Crippen molar-refractivity contribution in [2.24, 2.45) is 0 Å². The second-order valence-electron chi connectivity index (χ2n) is 6.96. The van der Waals surface area contributed by atoms with E-state index in [1.165, 1.54) is 18.9 Å². The van der Waals surface area contributed by atoms with Gasteiger partial charge in [-0.2, -0.15) is 5.10 Å². The van der Waals surface area contributed by atoms with Crippen LogP contribution < -0.4 is 0 Å². The summed E-state index contributed by atoms with van der Waals surface area (Å²) < 4.78 is 11.4. The lowest BCUT2D eigenvalue weighted by Gasteiger charge is -2.18. The highest BCUT2D eigenvalue weighted by molar-refractivity contribution is 6.06. The van der Waals surface area contributed by atoms with Gasteiger partial charge in [0.1, 0.15) is 11.3 Å². The molecule has 0 aliphatic heterocycles. The van der Waals surface area contributed by atoms with E-state index in [0.29, 0.717) is 11.4 Å². The molecule has 0 N–H and O–H groups in total. The molecule has 0 atom stereocenters. The van der Waals surface area contributed by atoms with E-state index in [1.807, 2.05) is 42.5 Å². The first-order valence-corrected chi connectivity index (χ1v) is 10.2. The van der Waals surface area contributed by atoms with Crippen molar-refractivity contribution in [2.45, 2.75) is 20.4 Å². The Balaban J connectivity index is 2.22. The summed E-state index contributed by atoms with van der Waals surface area (Å²) in [4.78, 5) is 27.7. The lowest BCUT2D eigenvalue weighted by Crippen LogP contribution is -2.22. The predicted molar refractivity (Wildman–Crippen MR) is 118 cm³/mol. The summed E-state index contributed by atoms with van der Waals surface area (Å²) in [5.74, 6) is -1.31. The normalized spacial score (nSPS) is 10.9. The molecule has 0 aliphatic rings. The third kappa shape index (κ3) is 4.67. The molecule has 3 aromatic rings. The van der Waals surface area contributed by atoms with Crippen LogP contribution in [0.25, 0.3) is 16.9 Å². The van der Waals surface area contributed by atoms with E-state index in [2.05, 4.69) is 23.8 Å². The standard InChI is InChI=1S/C24H27N3O4/c1-5-26(6-2)16-17-11-10-12-18(15-17)21-20(23(28)30-3)22(24(29)31-4)27(25-21)19-13-8-7-9-14-19/h7-15H,5-6,16H2,1-4H3. The van der Waals surface area contributed by atoms with Gasteiger partial charge in [-0.15, -0.1) is 0 Å². The average Bonchev–Trinajstić information content (AvgIpc) is 3.23. The zero-order chi connectivity index (χ0) is 22.4. The third-order valence-electron chi connectivity index (χ3n) is 5.16. The highest BCUT2D eigenvalue weighted by atomic mass is 16.5. The Morgan fingerprint density at radius 2 is 1.61 bits per heavy atom. The first kappa shape index (κ1) is 22.2. The van der Waals surface area contributed by atoms with Crippen molar-refractivity contribution in [1.29, 1.82) is 0 Å². The number of rotatable bonds is 8. The van der Waals surface area contributed by atoms with Gasteiger partial charge < -0.3 is 9.47 Å². The largest absolute Gasteiger partial charge is 0.465 e. The maximum absolute atomic E-state index is 12.8. The van der Waals surface area contributed by atoms with Gasteiger partial charge >= 0.3 is 11.9 Å². The average molecular weight is 421 g/mol. The quantitative estimate of drug-likeness (QED) is 0.513. The second-order valence-corrected chi connectivity index (χ2v) is 6.96. The molecule has 1 aromatic heterocycles. The van der Waals surface area contributed by atoms with E-state index < -0.39 is 11.9 Å². The Hall–Kier alpha value is -3.45. The lowest BCUT2D eigenvalue weighted by atomic mass is 10.0. The van der Waals surface area contributed by atoms with Crippen molar-refractivity contribution in [3.63, 3.8) is 0 Å². The minimum Gasteiger partial charge on any atom is -0.465 e. The van der Waals surface area contributed by atoms with Crippen LogP contribution in [0.3, 0.4) is 0 Å². The van der Waals surface area contributed by atoms with Crippen molar-refractivity contribution >= 4 is 11.9 Å². The maximum atomic E-state index is 12.8. The summed E-state index contributed by atoms with van der Waals surface area (Å²) in [6, 6.07) is 17.0. The van der Waals surface area contributed by atoms with Gasteiger partial charge in [-0.05, 0) is 36.9 Å². The molecule has 7 heteroatoms. The van der Waals surface area contributed by atoms with Gasteiger partial charge in [0.05, 0.1) is 19.9 Å². The summed E-state index contributed by atoms with van der Waals surface area (Å²) in [6.07, 6.45) is 0. The fourth-order valence-electron chi connectivity index (χ4n) is 3.48. The number of nitrogens with zero attached hydrogens (tertiary/aromatic N) is 3. The number of hydrogen-bond acceptors (Lipinski definition) is 6. The first-order chi connectivity index (χ1) is 15.0. The molecule has 1 heterocycles. The Morgan fingerprint density at radius 3 is 2.23 bits per heavy atom. The van der Waals surface area contributed by atoms with Crippen molar-refractivity contribution in [3.05, 3.63) is 71.4 Å². The summed E-state index contributed by atoms with van der Waals surface area (Å²) in [6.45, 7) is 6.88. The number of carbonyl (C=O) groups excluding carboxylic acids is 2. The fourth-order valence-corrected chi connectivity index (χ4v) is 3.48. The summed E-state index contributed by atoms with van der Waals surface area (Å²) >= 11 is 0. The summed E-state index contributed by atoms with van der Waals surface area (Å²) in [7, 11) is 2.56. The number of ether oxygens (including phenoxy) is 2. The van der Waals surface area contributed by atoms with Crippen LogP contribution in [0.5, 0.6) is 0 Å². The van der Waals surface area contributed by atoms with Gasteiger partial charge in [0, 0.05) is 12.1 Å². The zero-order valence-corrected chi connectivity index (χ0v) is 18.3. The van der Waals surface area contributed by atoms with E-state index in [9.17, 15) is 9.59 Å². The number of methoxy groups -OCH3 is 2. The molecule has 0 saturated carbocycles. The highest BCUT2D eigenvalue weighted by Crippen LogP contribution is 2.30. The molecular weight excluding hydrogens is 394 g/mol. The molecule has 3 rings (SSSR count). The van der Waals surface area contributed by atoms with Gasteiger partial charge in [0.2, 0.25) is 0 Å². The van der Waals surface area contributed by atoms with Crippen LogP contribution in [0.15, 0.2) is 54.6 Å². The van der Waals surface area contributed by atoms with Crippen LogP contribution >= 0.6 is 0 Å². The molecule has 0 radical (unpaired) electrons. The minimum absolute atomic E-state index is 0.0321. The third-order valence-corrected chi connectivity index (χ3v) is 5.16. The second kappa shape index (κ2) is 10.0. The first-order valence-electron chi connectivity index (χ1n) is 10.2. The molecule has 7 nitrogen and oxygen atoms in total. The van der Waals surface area contributed by atoms with Gasteiger partial charge in [-0.1, -0.05) is 50.2 Å². The monoisotopic (exact) mass is 421 g/mol. The molecule has 0 unspecified atom stereocenters. The molecular formula is C24H27N3O4. The lowest BCUT2D eigenvalue weighted by molar-refractivity contribution is 0.0549. The highest BCUT2D eigenvalue weighted by Gasteiger charge is 2.31. The van der Waals surface area contributed by atoms with Crippen molar-refractivity contribution < 1.29 is 19.1 Å². The Labute approximate surface area is 182 Å². The minimum atomic E-state index is -0.665. The van der Waals surface area contributed by atoms with E-state index in [-0.39, 0.29) is 11.3 Å². The number of benzene rings is 2. The Kier molecular flexibility index (Phi) is 7.20. The van der Waals surface area contributed by atoms with Gasteiger partial charge in [-0.25, -0.2) is 14.3 Å². The maximum Gasteiger partial charge on any atom is 0.357 e. The molecule has 0 bridgehead atoms. The molecule has 2 aromatic carbocycles. The van der Waals surface area contributed by atoms with E-state index >= 15 is 0 Å². The summed E-state index contributed by atoms with van der Waals surface area (Å²) in [5, 5.41) is 4.65. The topological polar surface area (TPSA) is 73.7 Å². The number of carbonyl (C=O) groups is 2. The van der Waals surface area contributed by atoms with Crippen molar-refractivity contribution in [3.8, 4) is 16.9 Å². The zero-order valence-electron chi connectivity index (χ0n) is 18.3. The molecule has 162 valence electrons. The van der Waals surface area contributed by atoms with Crippen LogP contribution in [0, 0.1) is 0 Å². The van der Waals surface area contributed by atoms with Crippen molar-refractivity contribution in [1.82, 2.24) is 14.7 Å². The number of hydrogen-bond donors (Lipinski definition) is 0. The summed E-state index contributed by atoms with van der Waals surface area (Å²) in [5.41, 5.74) is 2.94. The molecule has 0 saturated heterocycles. The van der Waals surface area contributed by atoms with Crippen molar-refractivity contribution in [2.75, 3.05) is 27.3 Å². The Morgan fingerprint density at radius 1 is 0.935 bits per heavy atom. The van der Waals surface area contributed by atoms with Crippen LogP contribution in [-0.2, 0) is 16.0 Å². The number of para-hydroxylation sites is 1. The van der Waals surface area contributed by atoms with Gasteiger partial charge in [-0.3, -0.25) is 4.90 Å². The molecule has 0 fully saturated rings. The smallest absolute Gasteiger partial charge is 0.357 e. The molecule has 0 spiro atoms. The van der Waals surface area contributed by atoms with Gasteiger partial charge in [0.25, 0.3) is 0 Å². The van der Waals surface area contributed by atoms with Crippen LogP contribution in [0.4, 0.5) is 0 Å². The van der Waals surface area contributed by atoms with Gasteiger partial charge in [0.15, 0.2) is 5.69 Å². The number of aromatic nitrogens is 2. The van der Waals surface area contributed by atoms with E-state index in [4.69, 9.17) is 9.47 Å². The van der Waals surface area contributed by atoms with Crippen LogP contribution in [0.1, 0.15) is 40.3 Å². The van der Waals surface area contributed by atoms with Crippen LogP contribution in [-0.4, -0.2) is 53.9 Å². The van der Waals surface area contributed by atoms with E-state index in [1.54, 1.807) is 12.1 Å². The van der Waals surface area contributed by atoms with E-state index in [0.717, 1.165) is 30.8 Å². The molecule has 0 amide bonds. The fraction of sp³-hybridized carbons (Fsp3) is 0.292. The Bertz CT molecular complexity index is 1060. The molecule has 0 aliphatic carbocycles. The number of esters is 2. The van der Waals surface area contributed by atoms with Crippen LogP contribution in [0.2, 0.25) is 0 Å². The predicted octanol–water partition coefficient (Wildman–Crippen LogP) is 3.95.